The molecule has 0 fully saturated rings. The minimum atomic E-state index is 0.780. The molecule has 0 amide bonds. The molecule has 0 aliphatic heterocycles. The Morgan fingerprint density at radius 1 is 1.40 bits per heavy atom. The second-order valence-electron chi connectivity index (χ2n) is 2.25. The van der Waals surface area contributed by atoms with Gasteiger partial charge in [0.05, 0.1) is 0 Å². The van der Waals surface area contributed by atoms with E-state index in [9.17, 15) is 0 Å². The Morgan fingerprint density at radius 2 is 2.10 bits per heavy atom. The van der Waals surface area contributed by atoms with Gasteiger partial charge in [-0.15, -0.1) is 0 Å². The third-order valence-electron chi connectivity index (χ3n) is 1.52. The average Bonchev–Trinajstić information content (AvgIpc) is 1.94. The van der Waals surface area contributed by atoms with E-state index in [1.807, 2.05) is 12.1 Å². The standard InChI is InChI=1S/C9H9S/c1-8-4-2-3-5-9(8)6-7-10/h2-5H,6H2,1H3. The second kappa shape index (κ2) is 3.47. The van der Waals surface area contributed by atoms with Crippen molar-refractivity contribution in [1.29, 1.82) is 0 Å². The number of thiocarbonyl (C=S) groups is 1. The van der Waals surface area contributed by atoms with Gasteiger partial charge in [-0.1, -0.05) is 36.5 Å². The summed E-state index contributed by atoms with van der Waals surface area (Å²) in [6.07, 6.45) is 0.780. The van der Waals surface area contributed by atoms with E-state index in [0.29, 0.717) is 0 Å². The summed E-state index contributed by atoms with van der Waals surface area (Å²) in [6.45, 7) is 2.09. The van der Waals surface area contributed by atoms with Gasteiger partial charge in [0.1, 0.15) is 0 Å². The molecule has 1 heteroatoms. The molecule has 0 bridgehead atoms. The molecule has 0 saturated heterocycles. The predicted molar refractivity (Wildman–Crippen MR) is 47.5 cm³/mol. The van der Waals surface area contributed by atoms with Gasteiger partial charge in [-0.3, -0.25) is 0 Å². The first-order valence-corrected chi connectivity index (χ1v) is 3.65. The van der Waals surface area contributed by atoms with Crippen molar-refractivity contribution in [3.8, 4) is 0 Å². The third kappa shape index (κ3) is 1.64. The van der Waals surface area contributed by atoms with Crippen LogP contribution in [0.2, 0.25) is 0 Å². The van der Waals surface area contributed by atoms with Crippen molar-refractivity contribution in [2.24, 2.45) is 0 Å². The number of hydrogen-bond acceptors (Lipinski definition) is 1. The Hall–Kier alpha value is -0.690. The van der Waals surface area contributed by atoms with Crippen LogP contribution < -0.4 is 0 Å². The Balaban J connectivity index is 2.91. The number of hydrogen-bond donors (Lipinski definition) is 0. The molecular formula is C9H9S. The zero-order chi connectivity index (χ0) is 7.40. The Bertz CT molecular complexity index is 228. The topological polar surface area (TPSA) is 0 Å². The maximum absolute atomic E-state index is 4.64. The molecule has 0 aliphatic rings. The summed E-state index contributed by atoms with van der Waals surface area (Å²) in [4.78, 5) is 0. The average molecular weight is 149 g/mol. The third-order valence-corrected chi connectivity index (χ3v) is 1.67. The summed E-state index contributed by atoms with van der Waals surface area (Å²) in [6, 6.07) is 8.22. The summed E-state index contributed by atoms with van der Waals surface area (Å²) in [7, 11) is 0. The van der Waals surface area contributed by atoms with Gasteiger partial charge in [0.2, 0.25) is 0 Å². The first kappa shape index (κ1) is 7.42. The van der Waals surface area contributed by atoms with Crippen LogP contribution in [-0.4, -0.2) is 5.37 Å². The van der Waals surface area contributed by atoms with Crippen LogP contribution in [-0.2, 0) is 6.42 Å². The molecular weight excluding hydrogens is 140 g/mol. The van der Waals surface area contributed by atoms with E-state index < -0.39 is 0 Å². The number of rotatable bonds is 2. The lowest BCUT2D eigenvalue weighted by Crippen LogP contribution is -1.87. The van der Waals surface area contributed by atoms with Gasteiger partial charge in [-0.25, -0.2) is 0 Å². The Labute approximate surface area is 66.9 Å². The van der Waals surface area contributed by atoms with Gasteiger partial charge in [0.25, 0.3) is 0 Å². The highest BCUT2D eigenvalue weighted by Gasteiger charge is 1.91. The molecule has 0 aromatic heterocycles. The zero-order valence-corrected chi connectivity index (χ0v) is 6.74. The highest BCUT2D eigenvalue weighted by atomic mass is 32.1. The molecule has 0 saturated carbocycles. The zero-order valence-electron chi connectivity index (χ0n) is 5.92. The minimum Gasteiger partial charge on any atom is -0.0833 e. The van der Waals surface area contributed by atoms with E-state index in [1.165, 1.54) is 11.1 Å². The maximum Gasteiger partial charge on any atom is 0.0338 e. The van der Waals surface area contributed by atoms with Gasteiger partial charge in [0.15, 0.2) is 0 Å². The van der Waals surface area contributed by atoms with E-state index in [2.05, 4.69) is 36.6 Å². The predicted octanol–water partition coefficient (Wildman–Crippen LogP) is 2.41. The number of benzene rings is 1. The van der Waals surface area contributed by atoms with Crippen LogP contribution in [0, 0.1) is 6.92 Å². The van der Waals surface area contributed by atoms with Crippen molar-refractivity contribution in [3.63, 3.8) is 0 Å². The molecule has 10 heavy (non-hydrogen) atoms. The van der Waals surface area contributed by atoms with E-state index in [1.54, 1.807) is 0 Å². The van der Waals surface area contributed by atoms with Crippen LogP contribution in [0.1, 0.15) is 11.1 Å². The maximum atomic E-state index is 4.64. The number of aryl methyl sites for hydroxylation is 1. The first-order chi connectivity index (χ1) is 4.84. The highest BCUT2D eigenvalue weighted by molar-refractivity contribution is 7.78. The van der Waals surface area contributed by atoms with Crippen LogP contribution in [0.5, 0.6) is 0 Å². The molecule has 0 heterocycles. The lowest BCUT2D eigenvalue weighted by molar-refractivity contribution is 1.29. The van der Waals surface area contributed by atoms with Gasteiger partial charge in [-0.05, 0) is 18.1 Å². The lowest BCUT2D eigenvalue weighted by atomic mass is 10.1. The molecule has 0 N–H and O–H groups in total. The van der Waals surface area contributed by atoms with Crippen molar-refractivity contribution >= 4 is 17.6 Å². The molecule has 0 unspecified atom stereocenters. The molecule has 51 valence electrons. The smallest absolute Gasteiger partial charge is 0.0338 e. The van der Waals surface area contributed by atoms with Gasteiger partial charge in [-0.2, -0.15) is 0 Å². The molecule has 1 aromatic rings. The van der Waals surface area contributed by atoms with E-state index >= 15 is 0 Å². The quantitative estimate of drug-likeness (QED) is 0.582. The van der Waals surface area contributed by atoms with Gasteiger partial charge in [0, 0.05) is 11.8 Å². The van der Waals surface area contributed by atoms with Crippen molar-refractivity contribution in [1.82, 2.24) is 0 Å². The van der Waals surface area contributed by atoms with Gasteiger partial charge >= 0.3 is 0 Å². The van der Waals surface area contributed by atoms with Crippen LogP contribution in [0.25, 0.3) is 0 Å². The summed E-state index contributed by atoms with van der Waals surface area (Å²) >= 11 is 4.64. The van der Waals surface area contributed by atoms with Gasteiger partial charge < -0.3 is 0 Å². The fourth-order valence-electron chi connectivity index (χ4n) is 0.886. The summed E-state index contributed by atoms with van der Waals surface area (Å²) < 4.78 is 0. The van der Waals surface area contributed by atoms with Crippen molar-refractivity contribution in [2.75, 3.05) is 0 Å². The van der Waals surface area contributed by atoms with Crippen LogP contribution in [0.15, 0.2) is 24.3 Å². The van der Waals surface area contributed by atoms with Crippen molar-refractivity contribution < 1.29 is 0 Å². The largest absolute Gasteiger partial charge is 0.0833 e. The lowest BCUT2D eigenvalue weighted by Gasteiger charge is -1.98. The van der Waals surface area contributed by atoms with E-state index in [4.69, 9.17) is 0 Å². The van der Waals surface area contributed by atoms with Crippen LogP contribution >= 0.6 is 12.2 Å². The highest BCUT2D eigenvalue weighted by Crippen LogP contribution is 2.05. The normalized spacial score (nSPS) is 9.30. The SMILES string of the molecule is Cc1ccccc1C[C]=S. The molecule has 0 aliphatic carbocycles. The molecule has 1 rings (SSSR count). The van der Waals surface area contributed by atoms with Crippen molar-refractivity contribution in [3.05, 3.63) is 35.4 Å². The monoisotopic (exact) mass is 149 g/mol. The Morgan fingerprint density at radius 3 is 2.70 bits per heavy atom. The molecule has 0 nitrogen and oxygen atoms in total. The summed E-state index contributed by atoms with van der Waals surface area (Å²) in [5, 5.41) is 2.71. The van der Waals surface area contributed by atoms with Crippen molar-refractivity contribution in [2.45, 2.75) is 13.3 Å². The van der Waals surface area contributed by atoms with Crippen LogP contribution in [0.3, 0.4) is 0 Å². The first-order valence-electron chi connectivity index (χ1n) is 3.24. The summed E-state index contributed by atoms with van der Waals surface area (Å²) in [5.41, 5.74) is 2.57. The molecule has 1 radical (unpaired) electrons. The van der Waals surface area contributed by atoms with E-state index in [0.717, 1.165) is 6.42 Å². The Kier molecular flexibility index (Phi) is 2.57. The fourth-order valence-corrected chi connectivity index (χ4v) is 1.04. The van der Waals surface area contributed by atoms with E-state index in [-0.39, 0.29) is 0 Å². The fraction of sp³-hybridized carbons (Fsp3) is 0.222. The molecule has 1 aromatic carbocycles. The second-order valence-corrected chi connectivity index (χ2v) is 2.54. The molecule has 0 atom stereocenters. The summed E-state index contributed by atoms with van der Waals surface area (Å²) in [5.74, 6) is 0. The minimum absolute atomic E-state index is 0.780. The molecule has 0 spiro atoms. The van der Waals surface area contributed by atoms with Crippen LogP contribution in [0.4, 0.5) is 0 Å².